The fraction of sp³-hybridized carbons (Fsp3) is 0.538. The highest BCUT2D eigenvalue weighted by Crippen LogP contribution is 2.27. The third-order valence-electron chi connectivity index (χ3n) is 3.38. The summed E-state index contributed by atoms with van der Waals surface area (Å²) in [6, 6.07) is 3.77. The van der Waals surface area contributed by atoms with Gasteiger partial charge in [-0.2, -0.15) is 0 Å². The Kier molecular flexibility index (Phi) is 3.67. The molecule has 2 rings (SSSR count). The van der Waals surface area contributed by atoms with Crippen LogP contribution in [0.3, 0.4) is 0 Å². The van der Waals surface area contributed by atoms with Crippen molar-refractivity contribution in [3.8, 4) is 0 Å². The van der Waals surface area contributed by atoms with Crippen LogP contribution in [0.1, 0.15) is 25.8 Å². The van der Waals surface area contributed by atoms with Crippen LogP contribution in [-0.2, 0) is 11.3 Å². The predicted molar refractivity (Wildman–Crippen MR) is 67.6 cm³/mol. The van der Waals surface area contributed by atoms with Gasteiger partial charge in [0, 0.05) is 31.3 Å². The summed E-state index contributed by atoms with van der Waals surface area (Å²) >= 11 is 6.00. The van der Waals surface area contributed by atoms with Crippen molar-refractivity contribution in [1.82, 2.24) is 9.88 Å². The van der Waals surface area contributed by atoms with E-state index in [9.17, 15) is 4.79 Å². The molecule has 0 aliphatic carbocycles. The third-order valence-corrected chi connectivity index (χ3v) is 3.73. The molecule has 1 aliphatic rings. The number of hydrogen-bond acceptors (Lipinski definition) is 2. The van der Waals surface area contributed by atoms with Gasteiger partial charge in [0.15, 0.2) is 0 Å². The summed E-state index contributed by atoms with van der Waals surface area (Å²) in [5.41, 5.74) is 0.923. The molecule has 17 heavy (non-hydrogen) atoms. The van der Waals surface area contributed by atoms with Gasteiger partial charge in [0.25, 0.3) is 0 Å². The number of nitrogens with zero attached hydrogens (tertiary/aromatic N) is 2. The molecule has 0 bridgehead atoms. The lowest BCUT2D eigenvalue weighted by Crippen LogP contribution is -2.25. The van der Waals surface area contributed by atoms with Crippen LogP contribution in [0, 0.1) is 11.8 Å². The maximum absolute atomic E-state index is 11.9. The second-order valence-electron chi connectivity index (χ2n) is 4.94. The molecular weight excluding hydrogens is 236 g/mol. The summed E-state index contributed by atoms with van der Waals surface area (Å²) in [6.07, 6.45) is 2.32. The second kappa shape index (κ2) is 5.05. The largest absolute Gasteiger partial charge is 0.338 e. The lowest BCUT2D eigenvalue weighted by molar-refractivity contribution is -0.128. The lowest BCUT2D eigenvalue weighted by Gasteiger charge is -2.18. The van der Waals surface area contributed by atoms with Crippen LogP contribution in [0.4, 0.5) is 0 Å². The van der Waals surface area contributed by atoms with Crippen molar-refractivity contribution in [3.63, 3.8) is 0 Å². The molecule has 0 N–H and O–H groups in total. The van der Waals surface area contributed by atoms with Gasteiger partial charge in [-0.15, -0.1) is 0 Å². The molecule has 1 saturated heterocycles. The Morgan fingerprint density at radius 1 is 1.59 bits per heavy atom. The minimum atomic E-state index is 0.226. The molecule has 3 nitrogen and oxygen atoms in total. The number of rotatable bonds is 3. The summed E-state index contributed by atoms with van der Waals surface area (Å²) in [5, 5.41) is 0.494. The van der Waals surface area contributed by atoms with Gasteiger partial charge in [-0.1, -0.05) is 31.5 Å². The van der Waals surface area contributed by atoms with Crippen molar-refractivity contribution in [2.24, 2.45) is 11.8 Å². The van der Waals surface area contributed by atoms with E-state index in [0.29, 0.717) is 30.0 Å². The monoisotopic (exact) mass is 252 g/mol. The average Bonchev–Trinajstić information content (AvgIpc) is 2.64. The van der Waals surface area contributed by atoms with Crippen molar-refractivity contribution >= 4 is 17.5 Å². The average molecular weight is 253 g/mol. The van der Waals surface area contributed by atoms with E-state index in [1.165, 1.54) is 0 Å². The number of hydrogen-bond donors (Lipinski definition) is 0. The molecule has 1 fully saturated rings. The number of pyridine rings is 1. The first-order valence-electron chi connectivity index (χ1n) is 5.95. The molecule has 1 aliphatic heterocycles. The summed E-state index contributed by atoms with van der Waals surface area (Å²) in [4.78, 5) is 17.8. The van der Waals surface area contributed by atoms with Crippen LogP contribution >= 0.6 is 11.6 Å². The lowest BCUT2D eigenvalue weighted by atomic mass is 9.95. The first-order valence-corrected chi connectivity index (χ1v) is 6.33. The molecule has 1 unspecified atom stereocenters. The Morgan fingerprint density at radius 2 is 2.35 bits per heavy atom. The molecule has 0 saturated carbocycles. The highest BCUT2D eigenvalue weighted by Gasteiger charge is 2.31. The van der Waals surface area contributed by atoms with Crippen LogP contribution in [0.5, 0.6) is 0 Å². The summed E-state index contributed by atoms with van der Waals surface area (Å²) in [6.45, 7) is 5.74. The first-order chi connectivity index (χ1) is 8.08. The fourth-order valence-corrected chi connectivity index (χ4v) is 2.32. The topological polar surface area (TPSA) is 33.2 Å². The van der Waals surface area contributed by atoms with Gasteiger partial charge in [-0.25, -0.2) is 4.98 Å². The van der Waals surface area contributed by atoms with E-state index in [4.69, 9.17) is 11.6 Å². The maximum Gasteiger partial charge on any atom is 0.223 e. The zero-order chi connectivity index (χ0) is 12.4. The minimum absolute atomic E-state index is 0.226. The molecule has 1 amide bonds. The summed E-state index contributed by atoms with van der Waals surface area (Å²) in [7, 11) is 0. The van der Waals surface area contributed by atoms with Gasteiger partial charge >= 0.3 is 0 Å². The van der Waals surface area contributed by atoms with Gasteiger partial charge in [-0.05, 0) is 17.9 Å². The molecular formula is C13H17ClN2O. The van der Waals surface area contributed by atoms with Crippen LogP contribution in [0.15, 0.2) is 18.3 Å². The van der Waals surface area contributed by atoms with E-state index in [0.717, 1.165) is 12.1 Å². The Balaban J connectivity index is 2.06. The molecule has 1 aromatic rings. The van der Waals surface area contributed by atoms with Gasteiger partial charge in [0.05, 0.1) is 0 Å². The summed E-state index contributed by atoms with van der Waals surface area (Å²) in [5.74, 6) is 1.25. The van der Waals surface area contributed by atoms with Gasteiger partial charge in [0.2, 0.25) is 5.91 Å². The van der Waals surface area contributed by atoms with Crippen molar-refractivity contribution < 1.29 is 4.79 Å². The molecule has 0 spiro atoms. The third kappa shape index (κ3) is 2.78. The highest BCUT2D eigenvalue weighted by molar-refractivity contribution is 6.30. The Labute approximate surface area is 107 Å². The zero-order valence-corrected chi connectivity index (χ0v) is 10.9. The standard InChI is InChI=1S/C13H17ClN2O/c1-9(2)11-6-12(17)16(8-11)7-10-4-3-5-15-13(10)14/h3-5,9,11H,6-8H2,1-2H3. The van der Waals surface area contributed by atoms with Crippen molar-refractivity contribution in [2.75, 3.05) is 6.54 Å². The molecule has 0 radical (unpaired) electrons. The number of amides is 1. The van der Waals surface area contributed by atoms with E-state index in [-0.39, 0.29) is 5.91 Å². The molecule has 1 aromatic heterocycles. The fourth-order valence-electron chi connectivity index (χ4n) is 2.14. The number of carbonyl (C=O) groups is 1. The molecule has 2 heterocycles. The predicted octanol–water partition coefficient (Wildman–Crippen LogP) is 2.74. The number of carbonyl (C=O) groups excluding carboxylic acids is 1. The van der Waals surface area contributed by atoms with Crippen LogP contribution in [0.25, 0.3) is 0 Å². The molecule has 4 heteroatoms. The normalized spacial score (nSPS) is 20.4. The number of halogens is 1. The highest BCUT2D eigenvalue weighted by atomic mass is 35.5. The van der Waals surface area contributed by atoms with Gasteiger partial charge in [0.1, 0.15) is 5.15 Å². The number of aromatic nitrogens is 1. The molecule has 1 atom stereocenters. The molecule has 0 aromatic carbocycles. The maximum atomic E-state index is 11.9. The van der Waals surface area contributed by atoms with Crippen LogP contribution in [0.2, 0.25) is 5.15 Å². The van der Waals surface area contributed by atoms with E-state index >= 15 is 0 Å². The van der Waals surface area contributed by atoms with Gasteiger partial charge < -0.3 is 4.90 Å². The second-order valence-corrected chi connectivity index (χ2v) is 5.29. The van der Waals surface area contributed by atoms with Crippen molar-refractivity contribution in [1.29, 1.82) is 0 Å². The molecule has 92 valence electrons. The number of likely N-dealkylation sites (tertiary alicyclic amines) is 1. The Bertz CT molecular complexity index is 420. The van der Waals surface area contributed by atoms with E-state index < -0.39 is 0 Å². The van der Waals surface area contributed by atoms with Crippen molar-refractivity contribution in [3.05, 3.63) is 29.0 Å². The van der Waals surface area contributed by atoms with E-state index in [2.05, 4.69) is 18.8 Å². The van der Waals surface area contributed by atoms with Crippen LogP contribution < -0.4 is 0 Å². The van der Waals surface area contributed by atoms with E-state index in [1.54, 1.807) is 6.20 Å². The Morgan fingerprint density at radius 3 is 2.94 bits per heavy atom. The smallest absolute Gasteiger partial charge is 0.223 e. The SMILES string of the molecule is CC(C)C1CC(=O)N(Cc2cccnc2Cl)C1. The quantitative estimate of drug-likeness (QED) is 0.775. The van der Waals surface area contributed by atoms with Crippen LogP contribution in [-0.4, -0.2) is 22.3 Å². The van der Waals surface area contributed by atoms with Crippen molar-refractivity contribution in [2.45, 2.75) is 26.8 Å². The minimum Gasteiger partial charge on any atom is -0.338 e. The Hall–Kier alpha value is -1.09. The zero-order valence-electron chi connectivity index (χ0n) is 10.2. The first kappa shape index (κ1) is 12.4. The van der Waals surface area contributed by atoms with E-state index in [1.807, 2.05) is 17.0 Å². The van der Waals surface area contributed by atoms with Gasteiger partial charge in [-0.3, -0.25) is 4.79 Å². The summed E-state index contributed by atoms with van der Waals surface area (Å²) < 4.78 is 0.